The Kier molecular flexibility index (Phi) is 20.9. The average molecular weight is 1020 g/mol. The van der Waals surface area contributed by atoms with Gasteiger partial charge >= 0.3 is 0 Å². The van der Waals surface area contributed by atoms with Crippen LogP contribution in [0.3, 0.4) is 0 Å². The fraction of sp³-hybridized carbons (Fsp3) is 0.353. The number of thioether (sulfide) groups is 1. The third kappa shape index (κ3) is 15.4. The summed E-state index contributed by atoms with van der Waals surface area (Å²) in [4.78, 5) is 70.3. The minimum absolute atomic E-state index is 0. The van der Waals surface area contributed by atoms with Gasteiger partial charge in [0.05, 0.1) is 28.5 Å². The number of nitriles is 1. The molecule has 22 heteroatoms. The van der Waals surface area contributed by atoms with E-state index in [2.05, 4.69) is 37.4 Å². The summed E-state index contributed by atoms with van der Waals surface area (Å²) in [5.41, 5.74) is 38.7. The van der Waals surface area contributed by atoms with E-state index in [4.69, 9.17) is 33.9 Å². The first kappa shape index (κ1) is 59.2. The largest absolute Gasteiger partial charge is 0.383 e. The van der Waals surface area contributed by atoms with Crippen LogP contribution in [0.4, 0.5) is 17.3 Å². The fourth-order valence-corrected chi connectivity index (χ4v) is 7.23. The van der Waals surface area contributed by atoms with Gasteiger partial charge in [0.1, 0.15) is 34.4 Å². The van der Waals surface area contributed by atoms with Gasteiger partial charge in [0, 0.05) is 39.7 Å². The lowest BCUT2D eigenvalue weighted by atomic mass is 10.1. The van der Waals surface area contributed by atoms with E-state index in [0.29, 0.717) is 50.4 Å². The van der Waals surface area contributed by atoms with Crippen LogP contribution in [0, 0.1) is 45.9 Å². The van der Waals surface area contributed by atoms with Gasteiger partial charge in [0.2, 0.25) is 0 Å². The zero-order valence-corrected chi connectivity index (χ0v) is 41.7. The molecule has 17 N–H and O–H groups in total. The highest BCUT2D eigenvalue weighted by Crippen LogP contribution is 2.27. The van der Waals surface area contributed by atoms with E-state index < -0.39 is 17.7 Å². The molecule has 0 bridgehead atoms. The van der Waals surface area contributed by atoms with E-state index in [0.717, 1.165) is 60.9 Å². The lowest BCUT2D eigenvalue weighted by Crippen LogP contribution is -2.56. The molecule has 3 aliphatic rings. The summed E-state index contributed by atoms with van der Waals surface area (Å²) in [6.07, 6.45) is 8.11. The third-order valence-corrected chi connectivity index (χ3v) is 12.3. The molecule has 0 saturated heterocycles. The number of allylic oxidation sites excluding steroid dienone is 1. The van der Waals surface area contributed by atoms with Gasteiger partial charge in [0.15, 0.2) is 0 Å². The SMILES string of the molecule is C.C.CS/C(C)=C(\C#N)C(N)=O.Cc1ccc(C(=O)NC2CC2)cc1-n1nc(C)c(C(N)=O)c1N.Cc1ccc(C(=O)NC2CC2)cc1-n1nc(C)c(C(N)=O)c1N.Cc1ccc(C(=O)NC2CC2)cc1N[NH3+]. The minimum atomic E-state index is -0.658. The van der Waals surface area contributed by atoms with Gasteiger partial charge in [-0.05, 0) is 139 Å². The Balaban J connectivity index is 0.000000266. The highest BCUT2D eigenvalue weighted by Gasteiger charge is 2.27. The van der Waals surface area contributed by atoms with Crippen LogP contribution in [-0.2, 0) is 4.79 Å². The van der Waals surface area contributed by atoms with Crippen LogP contribution >= 0.6 is 11.8 Å². The molecule has 73 heavy (non-hydrogen) atoms. The number of hydrogen-bond donors (Lipinski definition) is 10. The minimum Gasteiger partial charge on any atom is -0.383 e. The second-order valence-corrected chi connectivity index (χ2v) is 18.3. The lowest BCUT2D eigenvalue weighted by molar-refractivity contribution is -0.325. The van der Waals surface area contributed by atoms with Crippen molar-refractivity contribution in [3.8, 4) is 17.4 Å². The van der Waals surface area contributed by atoms with Crippen molar-refractivity contribution in [3.63, 3.8) is 0 Å². The number of nitrogen functional groups attached to an aromatic ring is 2. The quantitative estimate of drug-likeness (QED) is 0.0442. The summed E-state index contributed by atoms with van der Waals surface area (Å²) in [5, 5.41) is 25.8. The predicted molar refractivity (Wildman–Crippen MR) is 286 cm³/mol. The van der Waals surface area contributed by atoms with E-state index >= 15 is 0 Å². The Labute approximate surface area is 430 Å². The number of aromatic nitrogens is 4. The molecule has 0 radical (unpaired) electrons. The standard InChI is InChI=1S/2C16H19N5O2.C11H15N3O.C6H8N2OS.2CH4/c2*1-8-3-4-10(16(23)19-11-5-6-11)7-12(8)21-14(17)13(15(18)22)9(2)20-21;1-7-2-3-8(6-10(7)14-12)11(15)13-9-4-5-9;1-4(10-2)5(3-7)6(8)9;;/h2*3-4,7,11H,5-6,17H2,1-2H3,(H2,18,22)(H,19,23);2-3,6,9,14H,4-5,12H2,1H3,(H,13,15);1-2H3,(H2,8,9);2*1H4/p+1/b;;;5-4+;;. The van der Waals surface area contributed by atoms with Crippen molar-refractivity contribution in [3.05, 3.63) is 121 Å². The highest BCUT2D eigenvalue weighted by molar-refractivity contribution is 8.02. The molecule has 390 valence electrons. The Morgan fingerprint density at radius 3 is 1.23 bits per heavy atom. The number of hydrogen-bond acceptors (Lipinski definition) is 13. The van der Waals surface area contributed by atoms with Crippen molar-refractivity contribution in [1.82, 2.24) is 35.5 Å². The maximum absolute atomic E-state index is 12.2. The first-order valence-corrected chi connectivity index (χ1v) is 23.9. The van der Waals surface area contributed by atoms with Crippen LogP contribution in [0.1, 0.15) is 140 Å². The van der Waals surface area contributed by atoms with Crippen molar-refractivity contribution < 1.29 is 34.6 Å². The van der Waals surface area contributed by atoms with Crippen LogP contribution in [0.5, 0.6) is 0 Å². The number of benzene rings is 3. The molecule has 0 aliphatic heterocycles. The molecule has 3 aliphatic carbocycles. The molecule has 3 aromatic carbocycles. The Morgan fingerprint density at radius 2 is 0.973 bits per heavy atom. The zero-order valence-electron chi connectivity index (χ0n) is 40.9. The monoisotopic (exact) mass is 1020 g/mol. The van der Waals surface area contributed by atoms with E-state index in [9.17, 15) is 28.8 Å². The number of aryl methyl sites for hydroxylation is 5. The lowest BCUT2D eigenvalue weighted by Gasteiger charge is -2.11. The van der Waals surface area contributed by atoms with Crippen LogP contribution in [0.15, 0.2) is 65.1 Å². The van der Waals surface area contributed by atoms with Gasteiger partial charge in [-0.2, -0.15) is 15.5 Å². The summed E-state index contributed by atoms with van der Waals surface area (Å²) in [7, 11) is 0. The van der Waals surface area contributed by atoms with Crippen LogP contribution in [0.25, 0.3) is 11.4 Å². The molecule has 3 fully saturated rings. The average Bonchev–Trinajstić information content (AvgIpc) is 4.23. The van der Waals surface area contributed by atoms with Gasteiger partial charge in [0.25, 0.3) is 35.4 Å². The first-order chi connectivity index (χ1) is 33.6. The number of nitrogens with one attached hydrogen (secondary N) is 4. The second-order valence-electron chi connectivity index (χ2n) is 17.3. The molecule has 8 rings (SSSR count). The second kappa shape index (κ2) is 25.8. The highest BCUT2D eigenvalue weighted by atomic mass is 32.2. The molecule has 0 atom stereocenters. The number of nitrogens with two attached hydrogens (primary N) is 5. The molecule has 21 nitrogen and oxygen atoms in total. The fourth-order valence-electron chi connectivity index (χ4n) is 6.88. The van der Waals surface area contributed by atoms with E-state index in [-0.39, 0.29) is 73.0 Å². The molecule has 5 aromatic rings. The Bertz CT molecular complexity index is 2820. The Hall–Kier alpha value is -8.16. The zero-order chi connectivity index (χ0) is 52.4. The molecule has 0 spiro atoms. The van der Waals surface area contributed by atoms with Crippen LogP contribution in [0.2, 0.25) is 0 Å². The van der Waals surface area contributed by atoms with Gasteiger partial charge in [-0.15, -0.1) is 11.8 Å². The van der Waals surface area contributed by atoms with Gasteiger partial charge < -0.3 is 44.6 Å². The molecular weight excluding hydrogens is 951 g/mol. The maximum Gasteiger partial charge on any atom is 0.260 e. The van der Waals surface area contributed by atoms with Crippen molar-refractivity contribution >= 4 is 64.5 Å². The summed E-state index contributed by atoms with van der Waals surface area (Å²) < 4.78 is 2.91. The number of rotatable bonds is 13. The van der Waals surface area contributed by atoms with E-state index in [1.165, 1.54) is 21.1 Å². The van der Waals surface area contributed by atoms with Crippen molar-refractivity contribution in [2.24, 2.45) is 17.2 Å². The number of carbonyl (C=O) groups is 6. The Morgan fingerprint density at radius 1 is 0.630 bits per heavy atom. The van der Waals surface area contributed by atoms with Crippen molar-refractivity contribution in [2.75, 3.05) is 23.1 Å². The molecule has 2 aromatic heterocycles. The van der Waals surface area contributed by atoms with Crippen LogP contribution < -0.4 is 55.9 Å². The number of nitrogens with zero attached hydrogens (tertiary/aromatic N) is 5. The normalized spacial score (nSPS) is 13.4. The molecule has 2 heterocycles. The topological polar surface area (TPSA) is 368 Å². The number of carbonyl (C=O) groups excluding carboxylic acids is 6. The summed E-state index contributed by atoms with van der Waals surface area (Å²) in [6.45, 7) is 10.8. The van der Waals surface area contributed by atoms with Gasteiger partial charge in [-0.3, -0.25) is 34.6 Å². The number of primary amides is 3. The van der Waals surface area contributed by atoms with Crippen LogP contribution in [-0.4, -0.2) is 79.4 Å². The predicted octanol–water partition coefficient (Wildman–Crippen LogP) is 4.49. The van der Waals surface area contributed by atoms with E-state index in [1.807, 2.05) is 51.1 Å². The summed E-state index contributed by atoms with van der Waals surface area (Å²) in [5.74, 6) is 1.84. The number of anilines is 3. The maximum atomic E-state index is 12.2. The van der Waals surface area contributed by atoms with Gasteiger partial charge in [-0.1, -0.05) is 33.1 Å². The molecular formula is C51H70N15O6S+. The summed E-state index contributed by atoms with van der Waals surface area (Å²) in [6, 6.07) is 18.9. The van der Waals surface area contributed by atoms with E-state index in [1.54, 1.807) is 57.4 Å². The van der Waals surface area contributed by atoms with Crippen molar-refractivity contribution in [1.29, 1.82) is 5.26 Å². The van der Waals surface area contributed by atoms with Crippen molar-refractivity contribution in [2.45, 2.75) is 113 Å². The molecule has 6 amide bonds. The summed E-state index contributed by atoms with van der Waals surface area (Å²) >= 11 is 1.34. The molecule has 3 saturated carbocycles. The number of amides is 6. The number of quaternary nitrogens is 1. The van der Waals surface area contributed by atoms with Gasteiger partial charge in [-0.25, -0.2) is 14.8 Å². The molecule has 0 unspecified atom stereocenters. The third-order valence-electron chi connectivity index (χ3n) is 11.5. The smallest absolute Gasteiger partial charge is 0.260 e. The first-order valence-electron chi connectivity index (χ1n) is 22.6.